The summed E-state index contributed by atoms with van der Waals surface area (Å²) in [5.41, 5.74) is 2.67. The van der Waals surface area contributed by atoms with Gasteiger partial charge in [0.05, 0.1) is 29.3 Å². The van der Waals surface area contributed by atoms with Gasteiger partial charge in [-0.05, 0) is 42.2 Å². The number of ketones is 1. The number of rotatable bonds is 4. The van der Waals surface area contributed by atoms with Gasteiger partial charge in [0.2, 0.25) is 0 Å². The van der Waals surface area contributed by atoms with Crippen LogP contribution in [0.1, 0.15) is 51.1 Å². The minimum atomic E-state index is -0.731. The first-order valence-electron chi connectivity index (χ1n) is 9.87. The number of morpholine rings is 1. The molecule has 1 saturated heterocycles. The molecule has 0 spiro atoms. The van der Waals surface area contributed by atoms with Gasteiger partial charge in [-0.3, -0.25) is 14.9 Å². The summed E-state index contributed by atoms with van der Waals surface area (Å²) in [5, 5.41) is 11.6. The molecule has 1 unspecified atom stereocenters. The van der Waals surface area contributed by atoms with Gasteiger partial charge in [0.1, 0.15) is 11.4 Å². The number of anilines is 1. The van der Waals surface area contributed by atoms with Crippen molar-refractivity contribution in [2.75, 3.05) is 31.2 Å². The van der Waals surface area contributed by atoms with Crippen molar-refractivity contribution in [2.45, 2.75) is 26.2 Å². The zero-order chi connectivity index (χ0) is 21.4. The Labute approximate surface area is 173 Å². The van der Waals surface area contributed by atoms with E-state index in [0.29, 0.717) is 44.0 Å². The normalized spacial score (nSPS) is 18.3. The number of Topliss-reactive ketones (excluding diaryl/α,β-unsaturated/α-hetero) is 1. The lowest BCUT2D eigenvalue weighted by atomic mass is 9.97. The van der Waals surface area contributed by atoms with Crippen LogP contribution < -0.4 is 9.64 Å². The van der Waals surface area contributed by atoms with Crippen LogP contribution in [0.5, 0.6) is 5.75 Å². The summed E-state index contributed by atoms with van der Waals surface area (Å²) < 4.78 is 10.8. The molecule has 0 N–H and O–H groups in total. The Kier molecular flexibility index (Phi) is 5.26. The van der Waals surface area contributed by atoms with Crippen LogP contribution in [0.4, 0.5) is 11.4 Å². The van der Waals surface area contributed by atoms with Gasteiger partial charge < -0.3 is 14.4 Å². The van der Waals surface area contributed by atoms with E-state index in [-0.39, 0.29) is 28.7 Å². The van der Waals surface area contributed by atoms with Gasteiger partial charge in [0.25, 0.3) is 5.69 Å². The van der Waals surface area contributed by atoms with E-state index < -0.39 is 10.9 Å². The molecule has 156 valence electrons. The van der Waals surface area contributed by atoms with E-state index in [2.05, 4.69) is 0 Å². The monoisotopic (exact) mass is 410 g/mol. The first kappa shape index (κ1) is 20.0. The van der Waals surface area contributed by atoms with Crippen LogP contribution in [-0.2, 0) is 4.74 Å². The van der Waals surface area contributed by atoms with Crippen LogP contribution in [0.3, 0.4) is 0 Å². The molecule has 1 aliphatic heterocycles. The molecule has 2 aromatic rings. The molecule has 1 heterocycles. The van der Waals surface area contributed by atoms with Crippen molar-refractivity contribution in [1.82, 2.24) is 0 Å². The second kappa shape index (κ2) is 7.87. The first-order chi connectivity index (χ1) is 14.4. The van der Waals surface area contributed by atoms with Crippen LogP contribution in [-0.4, -0.2) is 43.0 Å². The highest BCUT2D eigenvalue weighted by Crippen LogP contribution is 2.40. The maximum absolute atomic E-state index is 12.8. The first-order valence-corrected chi connectivity index (χ1v) is 9.87. The van der Waals surface area contributed by atoms with Crippen LogP contribution in [0.15, 0.2) is 30.3 Å². The molecule has 1 fully saturated rings. The highest BCUT2D eigenvalue weighted by molar-refractivity contribution is 6.05. The van der Waals surface area contributed by atoms with Crippen molar-refractivity contribution in [3.8, 4) is 5.75 Å². The van der Waals surface area contributed by atoms with Crippen LogP contribution >= 0.6 is 0 Å². The van der Waals surface area contributed by atoms with Gasteiger partial charge in [-0.2, -0.15) is 0 Å². The number of benzene rings is 2. The SMILES string of the molecule is Cc1ccc(OC(=O)c2ccc(N3CCOCC3)c([N+](=O)[O-])c2)c2c1C(C)CC2=O. The molecule has 2 aliphatic rings. The number of hydrogen-bond donors (Lipinski definition) is 0. The van der Waals surface area contributed by atoms with Crippen molar-refractivity contribution in [2.24, 2.45) is 0 Å². The maximum atomic E-state index is 12.8. The molecule has 0 radical (unpaired) electrons. The minimum absolute atomic E-state index is 0.0577. The molecule has 0 aromatic heterocycles. The number of fused-ring (bicyclic) bond motifs is 1. The smallest absolute Gasteiger partial charge is 0.343 e. The number of nitro benzene ring substituents is 1. The Bertz CT molecular complexity index is 1040. The number of esters is 1. The minimum Gasteiger partial charge on any atom is -0.422 e. The Morgan fingerprint density at radius 3 is 2.67 bits per heavy atom. The summed E-state index contributed by atoms with van der Waals surface area (Å²) in [6, 6.07) is 7.73. The van der Waals surface area contributed by atoms with E-state index in [9.17, 15) is 19.7 Å². The number of nitro groups is 1. The highest BCUT2D eigenvalue weighted by Gasteiger charge is 2.32. The summed E-state index contributed by atoms with van der Waals surface area (Å²) in [4.78, 5) is 38.2. The Balaban J connectivity index is 1.64. The molecule has 1 aliphatic carbocycles. The maximum Gasteiger partial charge on any atom is 0.343 e. The van der Waals surface area contributed by atoms with E-state index in [4.69, 9.17) is 9.47 Å². The lowest BCUT2D eigenvalue weighted by molar-refractivity contribution is -0.384. The summed E-state index contributed by atoms with van der Waals surface area (Å²) in [6.45, 7) is 5.96. The number of carbonyl (C=O) groups is 2. The average molecular weight is 410 g/mol. The molecule has 0 bridgehead atoms. The second-order valence-electron chi connectivity index (χ2n) is 7.65. The van der Waals surface area contributed by atoms with Crippen LogP contribution in [0.25, 0.3) is 0 Å². The zero-order valence-corrected chi connectivity index (χ0v) is 16.8. The summed E-state index contributed by atoms with van der Waals surface area (Å²) in [6.07, 6.45) is 0.379. The van der Waals surface area contributed by atoms with Crippen molar-refractivity contribution in [3.05, 3.63) is 62.7 Å². The number of ether oxygens (including phenoxy) is 2. The third kappa shape index (κ3) is 3.54. The summed E-state index contributed by atoms with van der Waals surface area (Å²) >= 11 is 0. The molecule has 8 heteroatoms. The lowest BCUT2D eigenvalue weighted by Crippen LogP contribution is -2.36. The van der Waals surface area contributed by atoms with Gasteiger partial charge in [-0.25, -0.2) is 4.79 Å². The second-order valence-corrected chi connectivity index (χ2v) is 7.65. The molecule has 2 aromatic carbocycles. The molecule has 0 saturated carbocycles. The third-order valence-electron chi connectivity index (χ3n) is 5.65. The predicted octanol–water partition coefficient (Wildman–Crippen LogP) is 3.65. The average Bonchev–Trinajstić information content (AvgIpc) is 3.05. The van der Waals surface area contributed by atoms with Gasteiger partial charge >= 0.3 is 5.97 Å². The highest BCUT2D eigenvalue weighted by atomic mass is 16.6. The van der Waals surface area contributed by atoms with Crippen molar-refractivity contribution < 1.29 is 24.0 Å². The van der Waals surface area contributed by atoms with Crippen molar-refractivity contribution >= 4 is 23.1 Å². The van der Waals surface area contributed by atoms with Gasteiger partial charge in [0.15, 0.2) is 5.78 Å². The van der Waals surface area contributed by atoms with Crippen molar-refractivity contribution in [3.63, 3.8) is 0 Å². The van der Waals surface area contributed by atoms with Crippen molar-refractivity contribution in [1.29, 1.82) is 0 Å². The number of nitrogens with zero attached hydrogens (tertiary/aromatic N) is 2. The Hall–Kier alpha value is -3.26. The Morgan fingerprint density at radius 1 is 1.23 bits per heavy atom. The topological polar surface area (TPSA) is 99.0 Å². The van der Waals surface area contributed by atoms with E-state index >= 15 is 0 Å². The number of aryl methyl sites for hydroxylation is 1. The molecular formula is C22H22N2O6. The van der Waals surface area contributed by atoms with E-state index in [1.165, 1.54) is 12.1 Å². The molecule has 30 heavy (non-hydrogen) atoms. The molecule has 1 atom stereocenters. The molecule has 0 amide bonds. The van der Waals surface area contributed by atoms with Crippen LogP contribution in [0, 0.1) is 17.0 Å². The Morgan fingerprint density at radius 2 is 1.97 bits per heavy atom. The predicted molar refractivity (Wildman–Crippen MR) is 110 cm³/mol. The molecule has 8 nitrogen and oxygen atoms in total. The zero-order valence-electron chi connectivity index (χ0n) is 16.8. The van der Waals surface area contributed by atoms with Gasteiger partial charge in [-0.15, -0.1) is 0 Å². The fourth-order valence-corrected chi connectivity index (χ4v) is 4.22. The summed E-state index contributed by atoms with van der Waals surface area (Å²) in [7, 11) is 0. The molecule has 4 rings (SSSR count). The number of hydrogen-bond acceptors (Lipinski definition) is 7. The lowest BCUT2D eigenvalue weighted by Gasteiger charge is -2.28. The fourth-order valence-electron chi connectivity index (χ4n) is 4.22. The summed E-state index contributed by atoms with van der Waals surface area (Å²) in [5.74, 6) is -0.516. The van der Waals surface area contributed by atoms with Gasteiger partial charge in [-0.1, -0.05) is 13.0 Å². The largest absolute Gasteiger partial charge is 0.422 e. The van der Waals surface area contributed by atoms with E-state index in [1.807, 2.05) is 24.8 Å². The van der Waals surface area contributed by atoms with E-state index in [0.717, 1.165) is 11.1 Å². The van der Waals surface area contributed by atoms with Crippen LogP contribution in [0.2, 0.25) is 0 Å². The fraction of sp³-hybridized carbons (Fsp3) is 0.364. The molecular weight excluding hydrogens is 388 g/mol. The quantitative estimate of drug-likeness (QED) is 0.328. The standard InChI is InChI=1S/C22H22N2O6/c1-13-3-6-19(21-18(25)11-14(2)20(13)21)30-22(26)15-4-5-16(17(12-15)24(27)28)23-7-9-29-10-8-23/h3-6,12,14H,7-11H2,1-2H3. The van der Waals surface area contributed by atoms with E-state index in [1.54, 1.807) is 12.1 Å². The third-order valence-corrected chi connectivity index (χ3v) is 5.65. The van der Waals surface area contributed by atoms with Gasteiger partial charge in [0, 0.05) is 25.6 Å². The number of carbonyl (C=O) groups excluding carboxylic acids is 2.